The molecule has 1 aromatic rings. The number of likely N-dealkylation sites (N-methyl/N-ethyl adjacent to an activating group) is 1. The second-order valence-corrected chi connectivity index (χ2v) is 7.36. The molecule has 2 atom stereocenters. The maximum atomic E-state index is 12.9. The molecule has 0 aromatic heterocycles. The molecule has 132 valence electrons. The Labute approximate surface area is 154 Å². The molecule has 0 radical (unpaired) electrons. The number of halogens is 1. The summed E-state index contributed by atoms with van der Waals surface area (Å²) in [5, 5.41) is 11.3. The third kappa shape index (κ3) is 3.73. The van der Waals surface area contributed by atoms with Gasteiger partial charge in [0.15, 0.2) is 6.10 Å². The van der Waals surface area contributed by atoms with Gasteiger partial charge >= 0.3 is 5.97 Å². The minimum atomic E-state index is -1.64. The minimum absolute atomic E-state index is 0. The van der Waals surface area contributed by atoms with Crippen molar-refractivity contribution in [2.45, 2.75) is 37.4 Å². The van der Waals surface area contributed by atoms with Gasteiger partial charge in [-0.25, -0.2) is 4.79 Å². The van der Waals surface area contributed by atoms with Crippen molar-refractivity contribution in [3.05, 3.63) is 47.5 Å². The van der Waals surface area contributed by atoms with Gasteiger partial charge in [-0.05, 0) is 30.4 Å². The fourth-order valence-electron chi connectivity index (χ4n) is 3.67. The Morgan fingerprint density at radius 2 is 2.00 bits per heavy atom. The Balaban J connectivity index is 0.00000208. The highest BCUT2D eigenvalue weighted by Crippen LogP contribution is 2.38. The van der Waals surface area contributed by atoms with Crippen LogP contribution in [0.1, 0.15) is 31.2 Å². The van der Waals surface area contributed by atoms with E-state index in [1.165, 1.54) is 0 Å². The first-order chi connectivity index (χ1) is 10.9. The lowest BCUT2D eigenvalue weighted by Crippen LogP contribution is -3.00. The van der Waals surface area contributed by atoms with Crippen LogP contribution in [0, 0.1) is 0 Å². The van der Waals surface area contributed by atoms with Gasteiger partial charge in [0, 0.05) is 6.42 Å². The zero-order chi connectivity index (χ0) is 16.5. The van der Waals surface area contributed by atoms with Gasteiger partial charge < -0.3 is 31.3 Å². The van der Waals surface area contributed by atoms with E-state index in [-0.39, 0.29) is 23.1 Å². The Morgan fingerprint density at radius 3 is 2.54 bits per heavy atom. The first kappa shape index (κ1) is 19.2. The summed E-state index contributed by atoms with van der Waals surface area (Å²) >= 11 is 0. The van der Waals surface area contributed by atoms with Crippen molar-refractivity contribution in [2.24, 2.45) is 0 Å². The number of quaternary nitrogens is 1. The lowest BCUT2D eigenvalue weighted by Gasteiger charge is -2.29. The molecule has 3 rings (SSSR count). The van der Waals surface area contributed by atoms with E-state index in [0.717, 1.165) is 48.8 Å². The van der Waals surface area contributed by atoms with E-state index >= 15 is 0 Å². The fourth-order valence-corrected chi connectivity index (χ4v) is 3.67. The van der Waals surface area contributed by atoms with E-state index in [4.69, 9.17) is 4.74 Å². The number of ether oxygens (including phenoxy) is 1. The van der Waals surface area contributed by atoms with Gasteiger partial charge in [0.05, 0.1) is 20.6 Å². The van der Waals surface area contributed by atoms with Gasteiger partial charge in [-0.2, -0.15) is 0 Å². The summed E-state index contributed by atoms with van der Waals surface area (Å²) in [6, 6.07) is 9.18. The smallest absolute Gasteiger partial charge is 0.347 e. The molecule has 1 aromatic carbocycles. The minimum Gasteiger partial charge on any atom is -1.00 e. The van der Waals surface area contributed by atoms with Gasteiger partial charge in [0.25, 0.3) is 0 Å². The van der Waals surface area contributed by atoms with E-state index in [1.54, 1.807) is 12.1 Å². The van der Waals surface area contributed by atoms with Crippen molar-refractivity contribution in [1.29, 1.82) is 0 Å². The molecule has 0 amide bonds. The molecule has 24 heavy (non-hydrogen) atoms. The van der Waals surface area contributed by atoms with Crippen molar-refractivity contribution in [2.75, 3.05) is 27.2 Å². The van der Waals surface area contributed by atoms with Gasteiger partial charge in [-0.15, -0.1) is 0 Å². The highest BCUT2D eigenvalue weighted by Gasteiger charge is 2.46. The summed E-state index contributed by atoms with van der Waals surface area (Å²) in [6.45, 7) is 1.79. The molecule has 1 aliphatic heterocycles. The van der Waals surface area contributed by atoms with Crippen molar-refractivity contribution >= 4 is 5.97 Å². The third-order valence-corrected chi connectivity index (χ3v) is 5.02. The Kier molecular flexibility index (Phi) is 5.89. The van der Waals surface area contributed by atoms with Crippen molar-refractivity contribution in [1.82, 2.24) is 0 Å². The second-order valence-electron chi connectivity index (χ2n) is 7.36. The van der Waals surface area contributed by atoms with Gasteiger partial charge in [-0.3, -0.25) is 0 Å². The molecule has 0 bridgehead atoms. The van der Waals surface area contributed by atoms with Crippen LogP contribution in [-0.2, 0) is 15.1 Å². The van der Waals surface area contributed by atoms with Crippen molar-refractivity contribution < 1.29 is 36.1 Å². The first-order valence-electron chi connectivity index (χ1n) is 8.42. The summed E-state index contributed by atoms with van der Waals surface area (Å²) < 4.78 is 6.59. The third-order valence-electron chi connectivity index (χ3n) is 5.02. The summed E-state index contributed by atoms with van der Waals surface area (Å²) in [6.07, 6.45) is 5.35. The summed E-state index contributed by atoms with van der Waals surface area (Å²) in [5.74, 6) is -0.524. The SMILES string of the molecule is C[N+]1(C)CCC(OC(=O)C(O)(C2=CCCC2)c2ccccc2)C1.[Br-]. The van der Waals surface area contributed by atoms with E-state index < -0.39 is 11.6 Å². The Bertz CT molecular complexity index is 614. The first-order valence-corrected chi connectivity index (χ1v) is 8.42. The number of hydrogen-bond acceptors (Lipinski definition) is 3. The lowest BCUT2D eigenvalue weighted by molar-refractivity contribution is -0.879. The maximum Gasteiger partial charge on any atom is 0.347 e. The monoisotopic (exact) mass is 395 g/mol. The van der Waals surface area contributed by atoms with Crippen LogP contribution < -0.4 is 17.0 Å². The summed E-state index contributed by atoms with van der Waals surface area (Å²) in [7, 11) is 4.27. The zero-order valence-electron chi connectivity index (χ0n) is 14.4. The van der Waals surface area contributed by atoms with E-state index in [9.17, 15) is 9.90 Å². The molecule has 1 aliphatic carbocycles. The molecule has 2 aliphatic rings. The summed E-state index contributed by atoms with van der Waals surface area (Å²) in [4.78, 5) is 12.9. The largest absolute Gasteiger partial charge is 1.00 e. The van der Waals surface area contributed by atoms with Crippen LogP contribution in [0.4, 0.5) is 0 Å². The molecular formula is C19H26BrNO3. The van der Waals surface area contributed by atoms with E-state index in [2.05, 4.69) is 14.1 Å². The molecular weight excluding hydrogens is 370 g/mol. The molecule has 4 nitrogen and oxygen atoms in total. The highest BCUT2D eigenvalue weighted by atomic mass is 79.9. The number of likely N-dealkylation sites (tertiary alicyclic amines) is 1. The number of carbonyl (C=O) groups excluding carboxylic acids is 1. The average Bonchev–Trinajstić information content (AvgIpc) is 3.17. The van der Waals surface area contributed by atoms with E-state index in [1.807, 2.05) is 24.3 Å². The van der Waals surface area contributed by atoms with Crippen molar-refractivity contribution in [3.8, 4) is 0 Å². The van der Waals surface area contributed by atoms with Crippen LogP contribution in [-0.4, -0.2) is 48.8 Å². The molecule has 1 heterocycles. The molecule has 1 saturated heterocycles. The summed E-state index contributed by atoms with van der Waals surface area (Å²) in [5.41, 5.74) is -0.261. The predicted molar refractivity (Wildman–Crippen MR) is 88.6 cm³/mol. The van der Waals surface area contributed by atoms with Crippen LogP contribution >= 0.6 is 0 Å². The predicted octanol–water partition coefficient (Wildman–Crippen LogP) is -0.620. The number of nitrogens with zero attached hydrogens (tertiary/aromatic N) is 1. The topological polar surface area (TPSA) is 46.5 Å². The normalized spacial score (nSPS) is 24.6. The molecule has 0 saturated carbocycles. The average molecular weight is 396 g/mol. The molecule has 1 fully saturated rings. The van der Waals surface area contributed by atoms with E-state index in [0.29, 0.717) is 5.56 Å². The standard InChI is InChI=1S/C19H26NO3.BrH/c1-20(2)13-12-17(14-20)23-18(21)19(22,16-10-6-7-11-16)15-8-4-3-5-9-15;/h3-5,8-10,17,22H,6-7,11-14H2,1-2H3;1H/q+1;/p-1. The molecule has 5 heteroatoms. The zero-order valence-corrected chi connectivity index (χ0v) is 16.0. The van der Waals surface area contributed by atoms with Crippen LogP contribution in [0.5, 0.6) is 0 Å². The number of rotatable bonds is 4. The highest BCUT2D eigenvalue weighted by molar-refractivity contribution is 5.85. The fraction of sp³-hybridized carbons (Fsp3) is 0.526. The lowest BCUT2D eigenvalue weighted by atomic mass is 9.85. The second kappa shape index (κ2) is 7.38. The number of hydrogen-bond donors (Lipinski definition) is 1. The number of allylic oxidation sites excluding steroid dienone is 1. The molecule has 1 N–H and O–H groups in total. The van der Waals surface area contributed by atoms with Crippen LogP contribution in [0.15, 0.2) is 42.0 Å². The number of benzene rings is 1. The van der Waals surface area contributed by atoms with Gasteiger partial charge in [-0.1, -0.05) is 36.4 Å². The number of esters is 1. The van der Waals surface area contributed by atoms with Gasteiger partial charge in [0.1, 0.15) is 6.54 Å². The maximum absolute atomic E-state index is 12.9. The number of aliphatic hydroxyl groups is 1. The van der Waals surface area contributed by atoms with Crippen molar-refractivity contribution in [3.63, 3.8) is 0 Å². The Hall–Kier alpha value is -1.17. The molecule has 0 spiro atoms. The van der Waals surface area contributed by atoms with Crippen LogP contribution in [0.3, 0.4) is 0 Å². The van der Waals surface area contributed by atoms with Crippen LogP contribution in [0.25, 0.3) is 0 Å². The van der Waals surface area contributed by atoms with Gasteiger partial charge in [0.2, 0.25) is 5.60 Å². The molecule has 2 unspecified atom stereocenters. The quantitative estimate of drug-likeness (QED) is 0.419. The number of carbonyl (C=O) groups is 1. The van der Waals surface area contributed by atoms with Crippen LogP contribution in [0.2, 0.25) is 0 Å². The Morgan fingerprint density at radius 1 is 1.29 bits per heavy atom.